The van der Waals surface area contributed by atoms with Crippen molar-refractivity contribution in [2.45, 2.75) is 43.4 Å². The molecule has 2 aromatic carbocycles. The molecule has 26 heavy (non-hydrogen) atoms. The summed E-state index contributed by atoms with van der Waals surface area (Å²) < 4.78 is 26.1. The van der Waals surface area contributed by atoms with Crippen molar-refractivity contribution in [1.82, 2.24) is 4.90 Å². The third-order valence-electron chi connectivity index (χ3n) is 6.22. The van der Waals surface area contributed by atoms with Gasteiger partial charge in [0.15, 0.2) is 0 Å². The SMILES string of the molecule is Fc1ccccc1C1CN(CC2CCCc3ccccc32)C2OCOC12. The van der Waals surface area contributed by atoms with E-state index in [0.717, 1.165) is 18.7 Å². The van der Waals surface area contributed by atoms with Crippen molar-refractivity contribution in [3.8, 4) is 0 Å². The summed E-state index contributed by atoms with van der Waals surface area (Å²) in [6, 6.07) is 15.9. The summed E-state index contributed by atoms with van der Waals surface area (Å²) >= 11 is 0. The van der Waals surface area contributed by atoms with Crippen LogP contribution < -0.4 is 0 Å². The Bertz CT molecular complexity index is 795. The molecule has 0 amide bonds. The Balaban J connectivity index is 1.40. The Kier molecular flexibility index (Phi) is 4.27. The number of hydrogen-bond donors (Lipinski definition) is 0. The van der Waals surface area contributed by atoms with Crippen LogP contribution >= 0.6 is 0 Å². The molecule has 3 nitrogen and oxygen atoms in total. The van der Waals surface area contributed by atoms with Gasteiger partial charge in [-0.3, -0.25) is 4.90 Å². The summed E-state index contributed by atoms with van der Waals surface area (Å²) in [6.07, 6.45) is 3.48. The number of likely N-dealkylation sites (tertiary alicyclic amines) is 1. The molecule has 0 saturated carbocycles. The molecule has 0 aromatic heterocycles. The van der Waals surface area contributed by atoms with Gasteiger partial charge in [0, 0.05) is 19.0 Å². The fourth-order valence-electron chi connectivity index (χ4n) is 5.01. The van der Waals surface area contributed by atoms with Crippen LogP contribution in [0.25, 0.3) is 0 Å². The van der Waals surface area contributed by atoms with Crippen LogP contribution in [-0.2, 0) is 15.9 Å². The zero-order valence-electron chi connectivity index (χ0n) is 14.8. The molecule has 3 aliphatic rings. The first-order valence-electron chi connectivity index (χ1n) is 9.61. The van der Waals surface area contributed by atoms with Crippen LogP contribution in [0.2, 0.25) is 0 Å². The van der Waals surface area contributed by atoms with Crippen LogP contribution in [0.4, 0.5) is 4.39 Å². The summed E-state index contributed by atoms with van der Waals surface area (Å²) in [6.45, 7) is 2.04. The van der Waals surface area contributed by atoms with Crippen LogP contribution in [0.15, 0.2) is 48.5 Å². The number of fused-ring (bicyclic) bond motifs is 2. The molecule has 2 saturated heterocycles. The molecule has 4 atom stereocenters. The maximum absolute atomic E-state index is 14.4. The third-order valence-corrected chi connectivity index (χ3v) is 6.22. The molecular formula is C22H24FNO2. The molecule has 2 aromatic rings. The second-order valence-electron chi connectivity index (χ2n) is 7.68. The number of aryl methyl sites for hydroxylation is 1. The molecule has 4 unspecified atom stereocenters. The zero-order chi connectivity index (χ0) is 17.5. The quantitative estimate of drug-likeness (QED) is 0.831. The van der Waals surface area contributed by atoms with Gasteiger partial charge in [-0.1, -0.05) is 42.5 Å². The van der Waals surface area contributed by atoms with Gasteiger partial charge in [-0.05, 0) is 47.9 Å². The average Bonchev–Trinajstić information content (AvgIpc) is 3.27. The van der Waals surface area contributed by atoms with E-state index in [1.807, 2.05) is 12.1 Å². The Morgan fingerprint density at radius 1 is 1.00 bits per heavy atom. The monoisotopic (exact) mass is 353 g/mol. The minimum Gasteiger partial charge on any atom is -0.347 e. The lowest BCUT2D eigenvalue weighted by atomic mass is 9.82. The van der Waals surface area contributed by atoms with Crippen molar-refractivity contribution in [2.75, 3.05) is 19.9 Å². The van der Waals surface area contributed by atoms with Crippen molar-refractivity contribution < 1.29 is 13.9 Å². The van der Waals surface area contributed by atoms with Gasteiger partial charge >= 0.3 is 0 Å². The molecule has 2 aliphatic heterocycles. The van der Waals surface area contributed by atoms with Gasteiger partial charge in [-0.2, -0.15) is 0 Å². The number of benzene rings is 2. The van der Waals surface area contributed by atoms with Gasteiger partial charge in [0.05, 0.1) is 0 Å². The summed E-state index contributed by atoms with van der Waals surface area (Å²) in [5.74, 6) is 0.406. The molecule has 1 aliphatic carbocycles. The average molecular weight is 353 g/mol. The minimum absolute atomic E-state index is 0.0301. The van der Waals surface area contributed by atoms with Gasteiger partial charge < -0.3 is 9.47 Å². The second kappa shape index (κ2) is 6.76. The van der Waals surface area contributed by atoms with Crippen molar-refractivity contribution in [3.63, 3.8) is 0 Å². The van der Waals surface area contributed by atoms with E-state index >= 15 is 0 Å². The summed E-state index contributed by atoms with van der Waals surface area (Å²) in [5, 5.41) is 0. The van der Waals surface area contributed by atoms with E-state index in [1.165, 1.54) is 30.4 Å². The summed E-state index contributed by atoms with van der Waals surface area (Å²) in [4.78, 5) is 2.38. The first kappa shape index (κ1) is 16.4. The summed E-state index contributed by atoms with van der Waals surface area (Å²) in [7, 11) is 0. The Hall–Kier alpha value is -1.75. The lowest BCUT2D eigenvalue weighted by molar-refractivity contribution is -0.0231. The first-order valence-corrected chi connectivity index (χ1v) is 9.61. The molecule has 136 valence electrons. The smallest absolute Gasteiger partial charge is 0.149 e. The lowest BCUT2D eigenvalue weighted by Crippen LogP contribution is -2.37. The third kappa shape index (κ3) is 2.77. The fourth-order valence-corrected chi connectivity index (χ4v) is 5.01. The number of ether oxygens (including phenoxy) is 2. The van der Waals surface area contributed by atoms with Crippen molar-refractivity contribution in [2.24, 2.45) is 0 Å². The molecule has 0 N–H and O–H groups in total. The predicted octanol–water partition coefficient (Wildman–Crippen LogP) is 4.04. The van der Waals surface area contributed by atoms with E-state index in [0.29, 0.717) is 12.7 Å². The van der Waals surface area contributed by atoms with Crippen LogP contribution in [0.3, 0.4) is 0 Å². The maximum Gasteiger partial charge on any atom is 0.149 e. The molecule has 2 fully saturated rings. The lowest BCUT2D eigenvalue weighted by Gasteiger charge is -2.31. The molecule has 0 spiro atoms. The highest BCUT2D eigenvalue weighted by molar-refractivity contribution is 5.33. The number of rotatable bonds is 3. The normalized spacial score (nSPS) is 31.0. The van der Waals surface area contributed by atoms with Gasteiger partial charge in [-0.15, -0.1) is 0 Å². The maximum atomic E-state index is 14.4. The minimum atomic E-state index is -0.142. The van der Waals surface area contributed by atoms with Crippen molar-refractivity contribution in [3.05, 3.63) is 71.0 Å². The van der Waals surface area contributed by atoms with Crippen LogP contribution in [0, 0.1) is 5.82 Å². The Morgan fingerprint density at radius 3 is 2.69 bits per heavy atom. The number of hydrogen-bond acceptors (Lipinski definition) is 3. The fraction of sp³-hybridized carbons (Fsp3) is 0.455. The van der Waals surface area contributed by atoms with E-state index in [9.17, 15) is 4.39 Å². The predicted molar refractivity (Wildman–Crippen MR) is 97.4 cm³/mol. The van der Waals surface area contributed by atoms with Crippen molar-refractivity contribution >= 4 is 0 Å². The van der Waals surface area contributed by atoms with Crippen LogP contribution in [-0.4, -0.2) is 37.1 Å². The zero-order valence-corrected chi connectivity index (χ0v) is 14.8. The van der Waals surface area contributed by atoms with Gasteiger partial charge in [0.2, 0.25) is 0 Å². The molecule has 4 heteroatoms. The highest BCUT2D eigenvalue weighted by atomic mass is 19.1. The molecule has 5 rings (SSSR count). The van der Waals surface area contributed by atoms with Crippen LogP contribution in [0.1, 0.15) is 41.4 Å². The number of nitrogens with zero attached hydrogens (tertiary/aromatic N) is 1. The van der Waals surface area contributed by atoms with Gasteiger partial charge in [0.25, 0.3) is 0 Å². The molecule has 2 heterocycles. The van der Waals surface area contributed by atoms with Gasteiger partial charge in [0.1, 0.15) is 24.9 Å². The van der Waals surface area contributed by atoms with E-state index in [1.54, 1.807) is 12.1 Å². The highest BCUT2D eigenvalue weighted by Gasteiger charge is 2.48. The van der Waals surface area contributed by atoms with E-state index in [4.69, 9.17) is 9.47 Å². The second-order valence-corrected chi connectivity index (χ2v) is 7.68. The van der Waals surface area contributed by atoms with Crippen LogP contribution in [0.5, 0.6) is 0 Å². The highest BCUT2D eigenvalue weighted by Crippen LogP contribution is 2.41. The Labute approximate surface area is 153 Å². The topological polar surface area (TPSA) is 21.7 Å². The standard InChI is InChI=1S/C22H24FNO2/c23-20-11-4-3-10-18(20)19-13-24(22-21(19)25-14-26-22)12-16-8-5-7-15-6-1-2-9-17(15)16/h1-4,6,9-11,16,19,21-22H,5,7-8,12-14H2. The van der Waals surface area contributed by atoms with E-state index in [2.05, 4.69) is 29.2 Å². The van der Waals surface area contributed by atoms with Crippen molar-refractivity contribution in [1.29, 1.82) is 0 Å². The van der Waals surface area contributed by atoms with E-state index < -0.39 is 0 Å². The van der Waals surface area contributed by atoms with E-state index in [-0.39, 0.29) is 24.1 Å². The van der Waals surface area contributed by atoms with Gasteiger partial charge in [-0.25, -0.2) is 4.39 Å². The summed E-state index contributed by atoms with van der Waals surface area (Å²) in [5.41, 5.74) is 3.71. The first-order chi connectivity index (χ1) is 12.8. The molecular weight excluding hydrogens is 329 g/mol. The Morgan fingerprint density at radius 2 is 1.81 bits per heavy atom. The molecule has 0 bridgehead atoms. The number of halogens is 1. The largest absolute Gasteiger partial charge is 0.347 e. The molecule has 0 radical (unpaired) electrons.